The molecule has 80 valence electrons. The second-order valence-corrected chi connectivity index (χ2v) is 5.85. The Morgan fingerprint density at radius 2 is 2.07 bits per heavy atom. The lowest BCUT2D eigenvalue weighted by Crippen LogP contribution is -2.14. The van der Waals surface area contributed by atoms with Crippen LogP contribution in [0, 0.1) is 0 Å². The number of nitrogens with zero attached hydrogens (tertiary/aromatic N) is 1. The highest BCUT2D eigenvalue weighted by Gasteiger charge is 2.20. The van der Waals surface area contributed by atoms with Gasteiger partial charge in [0.05, 0.1) is 0 Å². The lowest BCUT2D eigenvalue weighted by atomic mass is 9.93. The molecule has 1 aromatic rings. The van der Waals surface area contributed by atoms with Gasteiger partial charge in [0.15, 0.2) is 0 Å². The highest BCUT2D eigenvalue weighted by molar-refractivity contribution is 7.88. The molecule has 0 spiro atoms. The molecule has 0 atom stereocenters. The van der Waals surface area contributed by atoms with Gasteiger partial charge in [-0.15, -0.1) is 0 Å². The van der Waals surface area contributed by atoms with E-state index >= 15 is 0 Å². The van der Waals surface area contributed by atoms with Gasteiger partial charge in [0.1, 0.15) is 17.2 Å². The highest BCUT2D eigenvalue weighted by atomic mass is 32.2. The lowest BCUT2D eigenvalue weighted by Gasteiger charge is -2.12. The van der Waals surface area contributed by atoms with E-state index in [1.54, 1.807) is 6.07 Å². The lowest BCUT2D eigenvalue weighted by molar-refractivity contribution is 0.326. The normalized spacial score (nSPS) is 13.1. The SMILES string of the molecule is CC(C)(C)c1cc(CS(N)(=O)=O)no1. The van der Waals surface area contributed by atoms with Crippen LogP contribution in [0.1, 0.15) is 32.2 Å². The van der Waals surface area contributed by atoms with Gasteiger partial charge in [-0.2, -0.15) is 0 Å². The first-order valence-corrected chi connectivity index (χ1v) is 5.86. The van der Waals surface area contributed by atoms with Gasteiger partial charge >= 0.3 is 0 Å². The maximum atomic E-state index is 10.8. The minimum absolute atomic E-state index is 0.177. The average molecular weight is 218 g/mol. The van der Waals surface area contributed by atoms with Crippen LogP contribution in [-0.4, -0.2) is 13.6 Å². The van der Waals surface area contributed by atoms with Crippen LogP contribution < -0.4 is 5.14 Å². The first kappa shape index (κ1) is 11.2. The molecule has 0 radical (unpaired) electrons. The number of rotatable bonds is 2. The van der Waals surface area contributed by atoms with E-state index in [2.05, 4.69) is 5.16 Å². The van der Waals surface area contributed by atoms with Crippen molar-refractivity contribution in [2.75, 3.05) is 0 Å². The van der Waals surface area contributed by atoms with E-state index in [9.17, 15) is 8.42 Å². The van der Waals surface area contributed by atoms with Gasteiger partial charge in [-0.3, -0.25) is 0 Å². The molecule has 0 saturated carbocycles. The van der Waals surface area contributed by atoms with Crippen molar-refractivity contribution in [1.82, 2.24) is 5.16 Å². The van der Waals surface area contributed by atoms with Crippen molar-refractivity contribution in [3.8, 4) is 0 Å². The summed E-state index contributed by atoms with van der Waals surface area (Å²) in [4.78, 5) is 0. The first-order valence-electron chi connectivity index (χ1n) is 4.15. The molecule has 0 aromatic carbocycles. The molecule has 2 N–H and O–H groups in total. The largest absolute Gasteiger partial charge is 0.361 e. The summed E-state index contributed by atoms with van der Waals surface area (Å²) < 4.78 is 26.5. The van der Waals surface area contributed by atoms with E-state index in [0.717, 1.165) is 0 Å². The third kappa shape index (κ3) is 3.12. The Balaban J connectivity index is 2.90. The van der Waals surface area contributed by atoms with Crippen LogP contribution in [0.4, 0.5) is 0 Å². The van der Waals surface area contributed by atoms with E-state index in [0.29, 0.717) is 11.5 Å². The summed E-state index contributed by atoms with van der Waals surface area (Å²) in [6.45, 7) is 5.86. The summed E-state index contributed by atoms with van der Waals surface area (Å²) >= 11 is 0. The predicted molar refractivity (Wildman–Crippen MR) is 52.0 cm³/mol. The van der Waals surface area contributed by atoms with E-state index < -0.39 is 10.0 Å². The average Bonchev–Trinajstić information content (AvgIpc) is 2.29. The van der Waals surface area contributed by atoms with Crippen LogP contribution in [-0.2, 0) is 21.2 Å². The number of primary sulfonamides is 1. The van der Waals surface area contributed by atoms with Gasteiger partial charge < -0.3 is 4.52 Å². The Hall–Kier alpha value is -0.880. The van der Waals surface area contributed by atoms with Crippen molar-refractivity contribution in [2.45, 2.75) is 31.9 Å². The van der Waals surface area contributed by atoms with Gasteiger partial charge in [0, 0.05) is 11.5 Å². The first-order chi connectivity index (χ1) is 6.18. The van der Waals surface area contributed by atoms with E-state index in [1.807, 2.05) is 20.8 Å². The van der Waals surface area contributed by atoms with Crippen LogP contribution in [0.25, 0.3) is 0 Å². The Morgan fingerprint density at radius 1 is 1.50 bits per heavy atom. The molecule has 1 rings (SSSR count). The smallest absolute Gasteiger partial charge is 0.214 e. The predicted octanol–water partition coefficient (Wildman–Crippen LogP) is 0.761. The number of sulfonamides is 1. The summed E-state index contributed by atoms with van der Waals surface area (Å²) in [7, 11) is -3.53. The third-order valence-electron chi connectivity index (χ3n) is 1.65. The number of aromatic nitrogens is 1. The minimum atomic E-state index is -3.53. The van der Waals surface area contributed by atoms with Gasteiger partial charge in [-0.05, 0) is 0 Å². The zero-order valence-electron chi connectivity index (χ0n) is 8.44. The Kier molecular flexibility index (Phi) is 2.69. The number of hydrogen-bond donors (Lipinski definition) is 1. The number of hydrogen-bond acceptors (Lipinski definition) is 4. The molecule has 0 unspecified atom stereocenters. The summed E-state index contributed by atoms with van der Waals surface area (Å²) in [6.07, 6.45) is 0. The van der Waals surface area contributed by atoms with Gasteiger partial charge in [-0.25, -0.2) is 13.6 Å². The Morgan fingerprint density at radius 3 is 2.43 bits per heavy atom. The van der Waals surface area contributed by atoms with Gasteiger partial charge in [0.25, 0.3) is 0 Å². The molecule has 0 amide bonds. The van der Waals surface area contributed by atoms with E-state index in [-0.39, 0.29) is 11.2 Å². The number of nitrogens with two attached hydrogens (primary N) is 1. The molecular formula is C8H14N2O3S. The maximum Gasteiger partial charge on any atom is 0.214 e. The quantitative estimate of drug-likeness (QED) is 0.794. The fourth-order valence-electron chi connectivity index (χ4n) is 0.939. The van der Waals surface area contributed by atoms with Crippen molar-refractivity contribution < 1.29 is 12.9 Å². The topological polar surface area (TPSA) is 86.2 Å². The van der Waals surface area contributed by atoms with Crippen LogP contribution >= 0.6 is 0 Å². The van der Waals surface area contributed by atoms with Crippen molar-refractivity contribution >= 4 is 10.0 Å². The van der Waals surface area contributed by atoms with E-state index in [4.69, 9.17) is 9.66 Å². The molecule has 0 aliphatic heterocycles. The fraction of sp³-hybridized carbons (Fsp3) is 0.625. The molecule has 0 aliphatic carbocycles. The van der Waals surface area contributed by atoms with E-state index in [1.165, 1.54) is 0 Å². The molecule has 1 aromatic heterocycles. The molecule has 1 heterocycles. The molecule has 14 heavy (non-hydrogen) atoms. The molecule has 0 bridgehead atoms. The molecule has 0 aliphatic rings. The molecule has 5 nitrogen and oxygen atoms in total. The standard InChI is InChI=1S/C8H14N2O3S/c1-8(2,3)7-4-6(10-13-7)5-14(9,11)12/h4H,5H2,1-3H3,(H2,9,11,12). The van der Waals surface area contributed by atoms with Crippen LogP contribution in [0.5, 0.6) is 0 Å². The van der Waals surface area contributed by atoms with Gasteiger partial charge in [0.2, 0.25) is 10.0 Å². The summed E-state index contributed by atoms with van der Waals surface area (Å²) in [6, 6.07) is 1.62. The minimum Gasteiger partial charge on any atom is -0.361 e. The summed E-state index contributed by atoms with van der Waals surface area (Å²) in [5.74, 6) is 0.364. The molecule has 0 saturated heterocycles. The molecule has 0 fully saturated rings. The second kappa shape index (κ2) is 3.36. The van der Waals surface area contributed by atoms with Crippen LogP contribution in [0.3, 0.4) is 0 Å². The zero-order valence-corrected chi connectivity index (χ0v) is 9.26. The Labute approximate surface area is 83.3 Å². The van der Waals surface area contributed by atoms with Gasteiger partial charge in [-0.1, -0.05) is 25.9 Å². The molecular weight excluding hydrogens is 204 g/mol. The second-order valence-electron chi connectivity index (χ2n) is 4.24. The maximum absolute atomic E-state index is 10.8. The van der Waals surface area contributed by atoms with Crippen molar-refractivity contribution in [3.05, 3.63) is 17.5 Å². The molecule has 6 heteroatoms. The van der Waals surface area contributed by atoms with Crippen LogP contribution in [0.2, 0.25) is 0 Å². The van der Waals surface area contributed by atoms with Crippen molar-refractivity contribution in [3.63, 3.8) is 0 Å². The summed E-state index contributed by atoms with van der Waals surface area (Å²) in [5, 5.41) is 8.51. The van der Waals surface area contributed by atoms with Crippen molar-refractivity contribution in [1.29, 1.82) is 0 Å². The monoisotopic (exact) mass is 218 g/mol. The highest BCUT2D eigenvalue weighted by Crippen LogP contribution is 2.22. The van der Waals surface area contributed by atoms with Crippen molar-refractivity contribution in [2.24, 2.45) is 5.14 Å². The summed E-state index contributed by atoms with van der Waals surface area (Å²) in [5.41, 5.74) is 0.168. The van der Waals surface area contributed by atoms with Crippen LogP contribution in [0.15, 0.2) is 10.6 Å². The Bertz CT molecular complexity index is 414. The third-order valence-corrected chi connectivity index (χ3v) is 2.35. The fourth-order valence-corrected chi connectivity index (χ4v) is 1.49. The zero-order chi connectivity index (χ0) is 11.0.